The van der Waals surface area contributed by atoms with E-state index in [1.54, 1.807) is 6.20 Å². The van der Waals surface area contributed by atoms with Gasteiger partial charge in [-0.1, -0.05) is 12.1 Å². The lowest BCUT2D eigenvalue weighted by Crippen LogP contribution is -2.33. The normalized spacial score (nSPS) is 18.4. The molecule has 1 aliphatic rings. The smallest absolute Gasteiger partial charge is 0.249 e. The van der Waals surface area contributed by atoms with Crippen molar-refractivity contribution in [2.75, 3.05) is 6.61 Å². The first-order valence-electron chi connectivity index (χ1n) is 6.70. The maximum Gasteiger partial charge on any atom is 0.249 e. The van der Waals surface area contributed by atoms with E-state index in [1.807, 2.05) is 24.3 Å². The third-order valence-corrected chi connectivity index (χ3v) is 3.80. The number of fused-ring (bicyclic) bond motifs is 1. The Balaban J connectivity index is 1.70. The second-order valence-corrected chi connectivity index (χ2v) is 5.39. The van der Waals surface area contributed by atoms with E-state index in [1.165, 1.54) is 0 Å². The molecule has 104 valence electrons. The molecule has 1 fully saturated rings. The van der Waals surface area contributed by atoms with Gasteiger partial charge in [0.25, 0.3) is 0 Å². The molecule has 2 heterocycles. The summed E-state index contributed by atoms with van der Waals surface area (Å²) in [7, 11) is 0. The minimum Gasteiger partial charge on any atom is -0.368 e. The maximum atomic E-state index is 11.9. The Morgan fingerprint density at radius 3 is 3.20 bits per heavy atom. The molecular weight excluding hydrogens is 272 g/mol. The van der Waals surface area contributed by atoms with Gasteiger partial charge < -0.3 is 10.1 Å². The monoisotopic (exact) mass is 288 g/mol. The van der Waals surface area contributed by atoms with E-state index in [-0.39, 0.29) is 12.0 Å². The summed E-state index contributed by atoms with van der Waals surface area (Å²) in [4.78, 5) is 17.1. The second-order valence-electron chi connectivity index (χ2n) is 4.91. The summed E-state index contributed by atoms with van der Waals surface area (Å²) in [5.74, 6) is -0.0365. The lowest BCUT2D eigenvalue weighted by Gasteiger charge is -2.10. The number of para-hydroxylation sites is 1. The van der Waals surface area contributed by atoms with Gasteiger partial charge in [-0.3, -0.25) is 9.78 Å². The minimum atomic E-state index is -0.285. The Bertz CT molecular complexity index is 639. The van der Waals surface area contributed by atoms with Crippen molar-refractivity contribution in [1.82, 2.24) is 10.3 Å². The van der Waals surface area contributed by atoms with Gasteiger partial charge in [-0.2, -0.15) is 0 Å². The van der Waals surface area contributed by atoms with Crippen molar-refractivity contribution in [3.63, 3.8) is 0 Å². The summed E-state index contributed by atoms with van der Waals surface area (Å²) in [5, 5.41) is 3.93. The fraction of sp³-hybridized carbons (Fsp3) is 0.333. The molecule has 2 aromatic rings. The van der Waals surface area contributed by atoms with Gasteiger partial charge in [-0.05, 0) is 30.5 Å². The summed E-state index contributed by atoms with van der Waals surface area (Å²) in [5.41, 5.74) is 1.85. The van der Waals surface area contributed by atoms with Crippen LogP contribution in [0.2, 0.25) is 0 Å². The van der Waals surface area contributed by atoms with E-state index in [2.05, 4.69) is 22.9 Å². The van der Waals surface area contributed by atoms with Crippen LogP contribution in [0.1, 0.15) is 18.4 Å². The predicted octanol–water partition coefficient (Wildman–Crippen LogP) is 2.32. The Morgan fingerprint density at radius 2 is 2.40 bits per heavy atom. The van der Waals surface area contributed by atoms with E-state index >= 15 is 0 Å². The number of rotatable bonds is 3. The zero-order valence-electron chi connectivity index (χ0n) is 11.0. The molecule has 0 aliphatic carbocycles. The Hall–Kier alpha value is -1.59. The van der Waals surface area contributed by atoms with Crippen LogP contribution in [0, 0.1) is 0 Å². The van der Waals surface area contributed by atoms with Crippen molar-refractivity contribution in [1.29, 1.82) is 0 Å². The van der Waals surface area contributed by atoms with Crippen molar-refractivity contribution in [3.05, 3.63) is 36.0 Å². The highest BCUT2D eigenvalue weighted by molar-refractivity contribution is 7.80. The van der Waals surface area contributed by atoms with Crippen molar-refractivity contribution in [2.45, 2.75) is 30.4 Å². The highest BCUT2D eigenvalue weighted by Gasteiger charge is 2.22. The summed E-state index contributed by atoms with van der Waals surface area (Å²) in [6.45, 7) is 1.15. The van der Waals surface area contributed by atoms with Crippen molar-refractivity contribution < 1.29 is 9.53 Å². The fourth-order valence-corrected chi connectivity index (χ4v) is 2.65. The fourth-order valence-electron chi connectivity index (χ4n) is 2.37. The molecule has 0 saturated carbocycles. The average molecular weight is 288 g/mol. The van der Waals surface area contributed by atoms with Crippen LogP contribution in [0.25, 0.3) is 10.9 Å². The number of hydrogen-bond acceptors (Lipinski definition) is 4. The molecule has 0 radical (unpaired) electrons. The number of amides is 1. The molecule has 5 heteroatoms. The Morgan fingerprint density at radius 1 is 1.50 bits per heavy atom. The van der Waals surface area contributed by atoms with E-state index in [9.17, 15) is 4.79 Å². The van der Waals surface area contributed by atoms with E-state index < -0.39 is 0 Å². The quantitative estimate of drug-likeness (QED) is 0.852. The van der Waals surface area contributed by atoms with Gasteiger partial charge >= 0.3 is 0 Å². The molecular formula is C15H16N2O2S. The average Bonchev–Trinajstić information content (AvgIpc) is 2.99. The molecule has 0 spiro atoms. The van der Waals surface area contributed by atoms with Crippen molar-refractivity contribution in [3.8, 4) is 0 Å². The van der Waals surface area contributed by atoms with E-state index in [0.29, 0.717) is 13.2 Å². The molecule has 1 amide bonds. The molecule has 1 aromatic carbocycles. The molecule has 1 aromatic heterocycles. The number of pyridine rings is 1. The lowest BCUT2D eigenvalue weighted by atomic mass is 10.1. The number of carbonyl (C=O) groups excluding carboxylic acids is 1. The van der Waals surface area contributed by atoms with Gasteiger partial charge in [0.2, 0.25) is 5.91 Å². The number of nitrogens with zero attached hydrogens (tertiary/aromatic N) is 1. The van der Waals surface area contributed by atoms with Gasteiger partial charge in [-0.15, -0.1) is 12.6 Å². The molecule has 1 saturated heterocycles. The molecule has 0 bridgehead atoms. The van der Waals surface area contributed by atoms with Crippen LogP contribution in [0.15, 0.2) is 35.4 Å². The van der Waals surface area contributed by atoms with Crippen LogP contribution in [0.3, 0.4) is 0 Å². The number of aromatic nitrogens is 1. The summed E-state index contributed by atoms with van der Waals surface area (Å²) in [6.07, 6.45) is 3.26. The van der Waals surface area contributed by atoms with Crippen LogP contribution in [-0.2, 0) is 16.1 Å². The highest BCUT2D eigenvalue weighted by atomic mass is 32.1. The zero-order valence-corrected chi connectivity index (χ0v) is 11.9. The van der Waals surface area contributed by atoms with Crippen molar-refractivity contribution in [2.24, 2.45) is 0 Å². The van der Waals surface area contributed by atoms with Crippen LogP contribution in [0.4, 0.5) is 0 Å². The predicted molar refractivity (Wildman–Crippen MR) is 79.8 cm³/mol. The first-order chi connectivity index (χ1) is 9.74. The third-order valence-electron chi connectivity index (χ3n) is 3.44. The van der Waals surface area contributed by atoms with Gasteiger partial charge in [0.15, 0.2) is 0 Å². The molecule has 1 unspecified atom stereocenters. The molecule has 1 atom stereocenters. The summed E-state index contributed by atoms with van der Waals surface area (Å²) < 4.78 is 5.35. The van der Waals surface area contributed by atoms with Crippen LogP contribution < -0.4 is 5.32 Å². The maximum absolute atomic E-state index is 11.9. The van der Waals surface area contributed by atoms with Gasteiger partial charge in [-0.25, -0.2) is 0 Å². The van der Waals surface area contributed by atoms with Crippen LogP contribution in [-0.4, -0.2) is 23.6 Å². The number of carbonyl (C=O) groups is 1. The minimum absolute atomic E-state index is 0.0365. The number of nitrogens with one attached hydrogen (secondary N) is 1. The van der Waals surface area contributed by atoms with Gasteiger partial charge in [0, 0.05) is 29.6 Å². The molecule has 4 nitrogen and oxygen atoms in total. The summed E-state index contributed by atoms with van der Waals surface area (Å²) >= 11 is 4.38. The first-order valence-corrected chi connectivity index (χ1v) is 7.15. The van der Waals surface area contributed by atoms with Crippen LogP contribution in [0.5, 0.6) is 0 Å². The zero-order chi connectivity index (χ0) is 13.9. The molecule has 3 rings (SSSR count). The summed E-state index contributed by atoms with van der Waals surface area (Å²) in [6, 6.07) is 7.88. The van der Waals surface area contributed by atoms with Gasteiger partial charge in [0.05, 0.1) is 5.52 Å². The van der Waals surface area contributed by atoms with Crippen LogP contribution >= 0.6 is 12.6 Å². The molecule has 1 aliphatic heterocycles. The lowest BCUT2D eigenvalue weighted by molar-refractivity contribution is -0.130. The largest absolute Gasteiger partial charge is 0.368 e. The van der Waals surface area contributed by atoms with Gasteiger partial charge in [0.1, 0.15) is 6.10 Å². The molecule has 20 heavy (non-hydrogen) atoms. The number of benzene rings is 1. The van der Waals surface area contributed by atoms with E-state index in [0.717, 1.165) is 34.2 Å². The molecule has 1 N–H and O–H groups in total. The Labute approximate surface area is 122 Å². The Kier molecular flexibility index (Phi) is 3.89. The SMILES string of the molecule is O=C(NCc1cnc2c(S)cccc2c1)C1CCCO1. The standard InChI is InChI=1S/C15H16N2O2S/c18-15(12-4-2-6-19-12)17-9-10-7-11-3-1-5-13(20)14(11)16-8-10/h1,3,5,7-8,12,20H,2,4,6,9H2,(H,17,18). The van der Waals surface area contributed by atoms with Crippen molar-refractivity contribution >= 4 is 29.4 Å². The number of hydrogen-bond donors (Lipinski definition) is 2. The number of ether oxygens (including phenoxy) is 1. The third kappa shape index (κ3) is 2.78. The number of thiol groups is 1. The first kappa shape index (κ1) is 13.4. The highest BCUT2D eigenvalue weighted by Crippen LogP contribution is 2.20. The second kappa shape index (κ2) is 5.81. The van der Waals surface area contributed by atoms with E-state index in [4.69, 9.17) is 4.74 Å². The topological polar surface area (TPSA) is 51.2 Å².